The molecule has 4 N–H and O–H groups in total. The maximum atomic E-state index is 5.46. The number of aliphatic imine (C=N–C) groups is 1. The number of thioether (sulfide) groups is 1. The van der Waals surface area contributed by atoms with Crippen LogP contribution in [0.4, 0.5) is 0 Å². The van der Waals surface area contributed by atoms with Crippen molar-refractivity contribution in [1.82, 2.24) is 10.7 Å². The molecule has 1 rings (SSSR count). The van der Waals surface area contributed by atoms with Gasteiger partial charge in [0, 0.05) is 17.8 Å². The summed E-state index contributed by atoms with van der Waals surface area (Å²) in [5, 5.41) is 4.18. The number of guanidine groups is 1. The summed E-state index contributed by atoms with van der Waals surface area (Å²) in [5.41, 5.74) is 2.65. The summed E-state index contributed by atoms with van der Waals surface area (Å²) in [5.74, 6) is 6.75. The Bertz CT molecular complexity index is 230. The largest absolute Gasteiger partial charge is 0.353 e. The molecule has 0 amide bonds. The Hall–Kier alpha value is -0.420. The van der Waals surface area contributed by atoms with Crippen molar-refractivity contribution in [1.29, 1.82) is 0 Å². The molecule has 0 heterocycles. The summed E-state index contributed by atoms with van der Waals surface area (Å²) >= 11 is 1.96. The number of hydrogen-bond acceptors (Lipinski definition) is 3. The molecule has 1 aliphatic carbocycles. The van der Waals surface area contributed by atoms with Crippen molar-refractivity contribution in [3.63, 3.8) is 0 Å². The van der Waals surface area contributed by atoms with E-state index in [0.717, 1.165) is 17.8 Å². The molecule has 16 heavy (non-hydrogen) atoms. The van der Waals surface area contributed by atoms with Crippen LogP contribution < -0.4 is 16.6 Å². The highest BCUT2D eigenvalue weighted by Crippen LogP contribution is 2.27. The second kappa shape index (κ2) is 7.01. The van der Waals surface area contributed by atoms with E-state index < -0.39 is 0 Å². The molecule has 4 nitrogen and oxygen atoms in total. The smallest absolute Gasteiger partial charge is 0.205 e. The maximum absolute atomic E-state index is 5.46. The zero-order valence-corrected chi connectivity index (χ0v) is 11.3. The number of hydrazine groups is 1. The first-order valence-corrected chi connectivity index (χ1v) is 7.24. The van der Waals surface area contributed by atoms with Crippen LogP contribution in [-0.4, -0.2) is 30.1 Å². The van der Waals surface area contributed by atoms with E-state index >= 15 is 0 Å². The molecular formula is C11H24N4S. The highest BCUT2D eigenvalue weighted by molar-refractivity contribution is 7.99. The fourth-order valence-corrected chi connectivity index (χ4v) is 2.68. The minimum absolute atomic E-state index is 0.527. The van der Waals surface area contributed by atoms with Gasteiger partial charge >= 0.3 is 0 Å². The lowest BCUT2D eigenvalue weighted by molar-refractivity contribution is 0.605. The van der Waals surface area contributed by atoms with Crippen molar-refractivity contribution < 1.29 is 0 Å². The number of hydrogen-bond donors (Lipinski definition) is 3. The van der Waals surface area contributed by atoms with E-state index in [-0.39, 0.29) is 0 Å². The van der Waals surface area contributed by atoms with Crippen LogP contribution in [-0.2, 0) is 0 Å². The molecule has 94 valence electrons. The SMILES string of the molecule is CSC1CCC(NC(=NCC(C)C)NN)C1. The molecule has 0 bridgehead atoms. The van der Waals surface area contributed by atoms with Crippen LogP contribution >= 0.6 is 11.8 Å². The third-order valence-electron chi connectivity index (χ3n) is 2.81. The summed E-state index contributed by atoms with van der Waals surface area (Å²) in [4.78, 5) is 4.42. The van der Waals surface area contributed by atoms with E-state index in [1.54, 1.807) is 0 Å². The van der Waals surface area contributed by atoms with Gasteiger partial charge in [0.1, 0.15) is 0 Å². The van der Waals surface area contributed by atoms with Crippen molar-refractivity contribution >= 4 is 17.7 Å². The van der Waals surface area contributed by atoms with E-state index in [0.29, 0.717) is 12.0 Å². The standard InChI is InChI=1S/C11H24N4S/c1-8(2)7-13-11(15-12)14-9-4-5-10(6-9)16-3/h8-10H,4-7,12H2,1-3H3,(H2,13,14,15). The van der Waals surface area contributed by atoms with Crippen LogP contribution in [0.1, 0.15) is 33.1 Å². The van der Waals surface area contributed by atoms with E-state index in [2.05, 4.69) is 35.8 Å². The molecule has 0 aliphatic heterocycles. The van der Waals surface area contributed by atoms with Crippen molar-refractivity contribution in [3.8, 4) is 0 Å². The summed E-state index contributed by atoms with van der Waals surface area (Å²) in [6.45, 7) is 5.11. The number of nitrogens with zero attached hydrogens (tertiary/aromatic N) is 1. The first-order chi connectivity index (χ1) is 7.65. The van der Waals surface area contributed by atoms with Gasteiger partial charge in [-0.2, -0.15) is 11.8 Å². The van der Waals surface area contributed by atoms with E-state index in [9.17, 15) is 0 Å². The lowest BCUT2D eigenvalue weighted by atomic mass is 10.2. The van der Waals surface area contributed by atoms with Crippen LogP contribution in [0.15, 0.2) is 4.99 Å². The monoisotopic (exact) mass is 244 g/mol. The third-order valence-corrected chi connectivity index (χ3v) is 3.90. The fraction of sp³-hybridized carbons (Fsp3) is 0.909. The molecule has 0 radical (unpaired) electrons. The third kappa shape index (κ3) is 4.61. The number of nitrogens with one attached hydrogen (secondary N) is 2. The Morgan fingerprint density at radius 3 is 2.75 bits per heavy atom. The summed E-state index contributed by atoms with van der Waals surface area (Å²) in [6, 6.07) is 0.527. The van der Waals surface area contributed by atoms with E-state index in [1.165, 1.54) is 19.3 Å². The van der Waals surface area contributed by atoms with Gasteiger partial charge in [-0.1, -0.05) is 13.8 Å². The second-order valence-electron chi connectivity index (χ2n) is 4.74. The average Bonchev–Trinajstić information content (AvgIpc) is 2.71. The van der Waals surface area contributed by atoms with Crippen molar-refractivity contribution in [3.05, 3.63) is 0 Å². The van der Waals surface area contributed by atoms with Gasteiger partial charge in [-0.15, -0.1) is 0 Å². The van der Waals surface area contributed by atoms with Gasteiger partial charge in [0.2, 0.25) is 5.96 Å². The van der Waals surface area contributed by atoms with Crippen LogP contribution in [0.5, 0.6) is 0 Å². The Morgan fingerprint density at radius 1 is 1.50 bits per heavy atom. The van der Waals surface area contributed by atoms with Crippen LogP contribution in [0.25, 0.3) is 0 Å². The number of nitrogens with two attached hydrogens (primary N) is 1. The highest BCUT2D eigenvalue weighted by Gasteiger charge is 2.24. The van der Waals surface area contributed by atoms with Gasteiger partial charge < -0.3 is 5.32 Å². The maximum Gasteiger partial charge on any atom is 0.205 e. The quantitative estimate of drug-likeness (QED) is 0.302. The predicted molar refractivity (Wildman–Crippen MR) is 72.5 cm³/mol. The Balaban J connectivity index is 2.36. The average molecular weight is 244 g/mol. The molecule has 1 fully saturated rings. The molecule has 2 unspecified atom stereocenters. The van der Waals surface area contributed by atoms with Crippen LogP contribution in [0.2, 0.25) is 0 Å². The zero-order valence-electron chi connectivity index (χ0n) is 10.5. The van der Waals surface area contributed by atoms with E-state index in [4.69, 9.17) is 5.84 Å². The molecule has 0 aromatic rings. The zero-order chi connectivity index (χ0) is 12.0. The summed E-state index contributed by atoms with van der Waals surface area (Å²) < 4.78 is 0. The minimum atomic E-state index is 0.527. The molecule has 0 saturated heterocycles. The fourth-order valence-electron chi connectivity index (χ4n) is 1.89. The van der Waals surface area contributed by atoms with Gasteiger partial charge in [-0.25, -0.2) is 5.84 Å². The predicted octanol–water partition coefficient (Wildman–Crippen LogP) is 1.34. The van der Waals surface area contributed by atoms with Gasteiger partial charge in [0.15, 0.2) is 0 Å². The van der Waals surface area contributed by atoms with Crippen LogP contribution in [0.3, 0.4) is 0 Å². The summed E-state index contributed by atoms with van der Waals surface area (Å²) in [6.07, 6.45) is 5.90. The van der Waals surface area contributed by atoms with Crippen molar-refractivity contribution in [2.24, 2.45) is 16.8 Å². The molecule has 0 spiro atoms. The van der Waals surface area contributed by atoms with Crippen molar-refractivity contribution in [2.45, 2.75) is 44.4 Å². The Morgan fingerprint density at radius 2 is 2.25 bits per heavy atom. The topological polar surface area (TPSA) is 62.4 Å². The molecule has 1 saturated carbocycles. The molecule has 0 aromatic heterocycles. The highest BCUT2D eigenvalue weighted by atomic mass is 32.2. The number of rotatable bonds is 4. The Kier molecular flexibility index (Phi) is 5.98. The lowest BCUT2D eigenvalue weighted by Crippen LogP contribution is -2.46. The molecule has 1 aliphatic rings. The molecule has 2 atom stereocenters. The first-order valence-electron chi connectivity index (χ1n) is 5.96. The first kappa shape index (κ1) is 13.6. The normalized spacial score (nSPS) is 26.2. The van der Waals surface area contributed by atoms with Crippen LogP contribution in [0, 0.1) is 5.92 Å². The van der Waals surface area contributed by atoms with Gasteiger partial charge in [-0.3, -0.25) is 10.4 Å². The van der Waals surface area contributed by atoms with E-state index in [1.807, 2.05) is 11.8 Å². The van der Waals surface area contributed by atoms with Gasteiger partial charge in [-0.05, 0) is 31.4 Å². The lowest BCUT2D eigenvalue weighted by Gasteiger charge is -2.16. The Labute approximate surface area is 103 Å². The molecule has 0 aromatic carbocycles. The molecular weight excluding hydrogens is 220 g/mol. The second-order valence-corrected chi connectivity index (χ2v) is 5.88. The summed E-state index contributed by atoms with van der Waals surface area (Å²) in [7, 11) is 0. The van der Waals surface area contributed by atoms with Gasteiger partial charge in [0.05, 0.1) is 0 Å². The van der Waals surface area contributed by atoms with Gasteiger partial charge in [0.25, 0.3) is 0 Å². The minimum Gasteiger partial charge on any atom is -0.353 e. The molecule has 5 heteroatoms. The van der Waals surface area contributed by atoms with Crippen molar-refractivity contribution in [2.75, 3.05) is 12.8 Å².